The number of aliphatic hydroxyl groups is 1. The molecule has 8 nitrogen and oxygen atoms in total. The van der Waals surface area contributed by atoms with Gasteiger partial charge in [-0.1, -0.05) is 18.2 Å². The van der Waals surface area contributed by atoms with E-state index in [9.17, 15) is 18.5 Å². The lowest BCUT2D eigenvalue weighted by atomic mass is 10.2. The van der Waals surface area contributed by atoms with E-state index in [1.54, 1.807) is 43.3 Å². The van der Waals surface area contributed by atoms with Crippen LogP contribution in [0, 0.1) is 10.1 Å². The van der Waals surface area contributed by atoms with E-state index in [0.29, 0.717) is 30.8 Å². The molecular weight excluding hydrogens is 406 g/mol. The molecule has 0 bridgehead atoms. The molecule has 1 fully saturated rings. The average Bonchev–Trinajstić information content (AvgIpc) is 3.57. The summed E-state index contributed by atoms with van der Waals surface area (Å²) in [6.45, 7) is 2.59. The van der Waals surface area contributed by atoms with Crippen molar-refractivity contribution in [2.75, 3.05) is 28.9 Å². The number of nitro benzene ring substituents is 1. The summed E-state index contributed by atoms with van der Waals surface area (Å²) in [4.78, 5) is 13.2. The molecule has 0 amide bonds. The molecule has 0 heterocycles. The Morgan fingerprint density at radius 2 is 1.83 bits per heavy atom. The monoisotopic (exact) mass is 433 g/mol. The van der Waals surface area contributed by atoms with Gasteiger partial charge in [-0.05, 0) is 56.9 Å². The Hall–Kier alpha value is -2.65. The zero-order chi connectivity index (χ0) is 21.7. The van der Waals surface area contributed by atoms with Crippen LogP contribution in [0.2, 0.25) is 0 Å². The first-order valence-corrected chi connectivity index (χ1v) is 11.6. The van der Waals surface area contributed by atoms with Crippen molar-refractivity contribution in [3.63, 3.8) is 0 Å². The number of anilines is 2. The highest BCUT2D eigenvalue weighted by Gasteiger charge is 2.34. The van der Waals surface area contributed by atoms with Crippen LogP contribution >= 0.6 is 0 Å². The van der Waals surface area contributed by atoms with E-state index < -0.39 is 14.9 Å². The van der Waals surface area contributed by atoms with Crippen LogP contribution in [0.3, 0.4) is 0 Å². The van der Waals surface area contributed by atoms with Crippen molar-refractivity contribution in [3.8, 4) is 0 Å². The molecule has 0 radical (unpaired) electrons. The summed E-state index contributed by atoms with van der Waals surface area (Å²) in [6, 6.07) is 13.1. The largest absolute Gasteiger partial charge is 0.396 e. The van der Waals surface area contributed by atoms with Crippen LogP contribution in [-0.4, -0.2) is 44.2 Å². The lowest BCUT2D eigenvalue weighted by molar-refractivity contribution is -0.384. The van der Waals surface area contributed by atoms with Crippen LogP contribution in [0.15, 0.2) is 53.4 Å². The number of nitro groups is 1. The van der Waals surface area contributed by atoms with Gasteiger partial charge in [0.05, 0.1) is 15.5 Å². The van der Waals surface area contributed by atoms with Gasteiger partial charge in [-0.25, -0.2) is 8.42 Å². The lowest BCUT2D eigenvalue weighted by Gasteiger charge is -2.26. The second-order valence-corrected chi connectivity index (χ2v) is 9.13. The minimum atomic E-state index is -3.95. The molecule has 0 spiro atoms. The Bertz CT molecular complexity index is 977. The van der Waals surface area contributed by atoms with E-state index in [4.69, 9.17) is 5.11 Å². The van der Waals surface area contributed by atoms with Crippen molar-refractivity contribution in [1.82, 2.24) is 0 Å². The summed E-state index contributed by atoms with van der Waals surface area (Å²) in [5, 5.41) is 20.9. The number of benzene rings is 2. The van der Waals surface area contributed by atoms with Crippen LogP contribution < -0.4 is 9.21 Å². The molecule has 0 aliphatic heterocycles. The van der Waals surface area contributed by atoms with Crippen molar-refractivity contribution in [3.05, 3.63) is 58.6 Å². The number of sulfonamides is 1. The third-order valence-corrected chi connectivity index (χ3v) is 7.07. The second-order valence-electron chi connectivity index (χ2n) is 7.27. The summed E-state index contributed by atoms with van der Waals surface area (Å²) < 4.78 is 27.7. The predicted molar refractivity (Wildman–Crippen MR) is 116 cm³/mol. The van der Waals surface area contributed by atoms with Gasteiger partial charge in [0, 0.05) is 31.8 Å². The average molecular weight is 434 g/mol. The van der Waals surface area contributed by atoms with Crippen molar-refractivity contribution >= 4 is 27.1 Å². The smallest absolute Gasteiger partial charge is 0.293 e. The molecule has 0 unspecified atom stereocenters. The Morgan fingerprint density at radius 1 is 1.13 bits per heavy atom. The molecule has 1 N–H and O–H groups in total. The van der Waals surface area contributed by atoms with E-state index in [0.717, 1.165) is 18.9 Å². The maximum Gasteiger partial charge on any atom is 0.293 e. The molecule has 0 aromatic heterocycles. The molecule has 1 aliphatic carbocycles. The Balaban J connectivity index is 1.99. The topological polar surface area (TPSA) is 104 Å². The molecule has 1 aliphatic rings. The van der Waals surface area contributed by atoms with Gasteiger partial charge in [0.25, 0.3) is 15.7 Å². The van der Waals surface area contributed by atoms with Gasteiger partial charge in [0.15, 0.2) is 0 Å². The fourth-order valence-corrected chi connectivity index (χ4v) is 5.04. The summed E-state index contributed by atoms with van der Waals surface area (Å²) in [6.07, 6.45) is 3.23. The number of hydrogen-bond acceptors (Lipinski definition) is 6. The second kappa shape index (κ2) is 9.44. The SMILES string of the molecule is CCN(c1ccccc1)S(=O)(=O)c1ccc(N(CCCCO)C2CC2)c([N+](=O)[O-])c1. The number of rotatable bonds is 11. The first-order chi connectivity index (χ1) is 14.4. The van der Waals surface area contributed by atoms with E-state index in [1.165, 1.54) is 10.4 Å². The van der Waals surface area contributed by atoms with Gasteiger partial charge in [0.1, 0.15) is 5.69 Å². The van der Waals surface area contributed by atoms with Crippen LogP contribution in [0.4, 0.5) is 17.1 Å². The lowest BCUT2D eigenvalue weighted by Crippen LogP contribution is -2.31. The van der Waals surface area contributed by atoms with Gasteiger partial charge >= 0.3 is 0 Å². The van der Waals surface area contributed by atoms with E-state index in [1.807, 2.05) is 4.90 Å². The summed E-state index contributed by atoms with van der Waals surface area (Å²) in [5.74, 6) is 0. The standard InChI is InChI=1S/C21H27N3O5S/c1-2-23(18-8-4-3-5-9-18)30(28,29)19-12-13-20(21(16-19)24(26)27)22(17-10-11-17)14-6-7-15-25/h3-5,8-9,12-13,16-17,25H,2,6-7,10-11,14-15H2,1H3. The first kappa shape index (κ1) is 22.0. The Labute approximate surface area is 176 Å². The van der Waals surface area contributed by atoms with E-state index >= 15 is 0 Å². The highest BCUT2D eigenvalue weighted by molar-refractivity contribution is 7.92. The van der Waals surface area contributed by atoms with Crippen molar-refractivity contribution in [1.29, 1.82) is 0 Å². The molecule has 3 rings (SSSR count). The Kier molecular flexibility index (Phi) is 6.94. The molecule has 0 atom stereocenters. The van der Waals surface area contributed by atoms with Gasteiger partial charge in [-0.2, -0.15) is 0 Å². The highest BCUT2D eigenvalue weighted by atomic mass is 32.2. The first-order valence-electron chi connectivity index (χ1n) is 10.1. The van der Waals surface area contributed by atoms with Crippen molar-refractivity contribution in [2.24, 2.45) is 0 Å². The number of aliphatic hydroxyl groups excluding tert-OH is 1. The van der Waals surface area contributed by atoms with Crippen LogP contribution in [0.5, 0.6) is 0 Å². The third-order valence-electron chi connectivity index (χ3n) is 5.17. The van der Waals surface area contributed by atoms with E-state index in [-0.39, 0.29) is 29.8 Å². The molecule has 2 aromatic carbocycles. The maximum absolute atomic E-state index is 13.2. The molecule has 9 heteroatoms. The summed E-state index contributed by atoms with van der Waals surface area (Å²) in [5.41, 5.74) is 0.730. The minimum absolute atomic E-state index is 0.0735. The highest BCUT2D eigenvalue weighted by Crippen LogP contribution is 2.39. The normalized spacial score (nSPS) is 13.8. The molecule has 2 aromatic rings. The van der Waals surface area contributed by atoms with Crippen molar-refractivity contribution in [2.45, 2.75) is 43.5 Å². The predicted octanol–water partition coefficient (Wildman–Crippen LogP) is 3.55. The summed E-state index contributed by atoms with van der Waals surface area (Å²) >= 11 is 0. The van der Waals surface area contributed by atoms with Gasteiger partial charge in [0.2, 0.25) is 0 Å². The summed E-state index contributed by atoms with van der Waals surface area (Å²) in [7, 11) is -3.95. The fraction of sp³-hybridized carbons (Fsp3) is 0.429. The van der Waals surface area contributed by atoms with Crippen molar-refractivity contribution < 1.29 is 18.4 Å². The van der Waals surface area contributed by atoms with Gasteiger partial charge < -0.3 is 10.0 Å². The van der Waals surface area contributed by atoms with Crippen LogP contribution in [0.25, 0.3) is 0 Å². The number of hydrogen-bond donors (Lipinski definition) is 1. The molecule has 1 saturated carbocycles. The Morgan fingerprint density at radius 3 is 2.40 bits per heavy atom. The maximum atomic E-state index is 13.2. The zero-order valence-corrected chi connectivity index (χ0v) is 17.8. The molecule has 0 saturated heterocycles. The number of para-hydroxylation sites is 1. The number of unbranched alkanes of at least 4 members (excludes halogenated alkanes) is 1. The molecular formula is C21H27N3O5S. The van der Waals surface area contributed by atoms with Crippen LogP contribution in [-0.2, 0) is 10.0 Å². The number of nitrogens with zero attached hydrogens (tertiary/aromatic N) is 3. The minimum Gasteiger partial charge on any atom is -0.396 e. The molecule has 30 heavy (non-hydrogen) atoms. The van der Waals surface area contributed by atoms with E-state index in [2.05, 4.69) is 0 Å². The van der Waals surface area contributed by atoms with Gasteiger partial charge in [-0.3, -0.25) is 14.4 Å². The van der Waals surface area contributed by atoms with Gasteiger partial charge in [-0.15, -0.1) is 0 Å². The zero-order valence-electron chi connectivity index (χ0n) is 17.0. The molecule has 162 valence electrons. The van der Waals surface area contributed by atoms with Crippen LogP contribution in [0.1, 0.15) is 32.6 Å². The third kappa shape index (κ3) is 4.73. The quantitative estimate of drug-likeness (QED) is 0.330. The fourth-order valence-electron chi connectivity index (χ4n) is 3.55.